The number of anilines is 1. The van der Waals surface area contributed by atoms with Crippen LogP contribution in [-0.4, -0.2) is 30.3 Å². The molecule has 0 saturated carbocycles. The van der Waals surface area contributed by atoms with Gasteiger partial charge in [0.2, 0.25) is 5.91 Å². The molecule has 0 unspecified atom stereocenters. The Morgan fingerprint density at radius 2 is 1.68 bits per heavy atom. The van der Waals surface area contributed by atoms with Crippen molar-refractivity contribution in [3.8, 4) is 17.9 Å². The van der Waals surface area contributed by atoms with Crippen LogP contribution in [0.4, 0.5) is 5.69 Å². The average Bonchev–Trinajstić information content (AvgIpc) is 3.20. The van der Waals surface area contributed by atoms with E-state index in [9.17, 15) is 15.3 Å². The first-order valence-electron chi connectivity index (χ1n) is 10.9. The molecule has 1 amide bonds. The Balaban J connectivity index is 1.69. The minimum Gasteiger partial charge on any atom is -0.497 e. The zero-order valence-corrected chi connectivity index (χ0v) is 18.4. The van der Waals surface area contributed by atoms with Gasteiger partial charge in [0.1, 0.15) is 17.8 Å². The summed E-state index contributed by atoms with van der Waals surface area (Å²) in [5, 5.41) is 30.2. The van der Waals surface area contributed by atoms with Gasteiger partial charge >= 0.3 is 0 Å². The van der Waals surface area contributed by atoms with Gasteiger partial charge in [-0.05, 0) is 41.0 Å². The zero-order valence-electron chi connectivity index (χ0n) is 18.4. The van der Waals surface area contributed by atoms with Crippen LogP contribution in [0.25, 0.3) is 0 Å². The summed E-state index contributed by atoms with van der Waals surface area (Å²) >= 11 is 0. The molecule has 2 aliphatic heterocycles. The predicted molar refractivity (Wildman–Crippen MR) is 127 cm³/mol. The van der Waals surface area contributed by atoms with Gasteiger partial charge in [-0.25, -0.2) is 0 Å². The Labute approximate surface area is 197 Å². The molecule has 2 aliphatic rings. The molecule has 3 atom stereocenters. The van der Waals surface area contributed by atoms with E-state index < -0.39 is 23.4 Å². The maximum atomic E-state index is 13.7. The molecule has 7 nitrogen and oxygen atoms in total. The highest BCUT2D eigenvalue weighted by molar-refractivity contribution is 5.97. The number of ether oxygens (including phenoxy) is 1. The van der Waals surface area contributed by atoms with E-state index in [0.29, 0.717) is 17.0 Å². The van der Waals surface area contributed by atoms with Crippen LogP contribution in [0.15, 0.2) is 84.0 Å². The van der Waals surface area contributed by atoms with E-state index in [1.165, 1.54) is 0 Å². The highest BCUT2D eigenvalue weighted by Gasteiger charge is 2.65. The van der Waals surface area contributed by atoms with Gasteiger partial charge in [-0.3, -0.25) is 9.80 Å². The van der Waals surface area contributed by atoms with Crippen molar-refractivity contribution in [3.63, 3.8) is 0 Å². The third kappa shape index (κ3) is 3.18. The van der Waals surface area contributed by atoms with Gasteiger partial charge in [0.25, 0.3) is 0 Å². The molecule has 5 rings (SSSR count). The molecule has 2 heterocycles. The quantitative estimate of drug-likeness (QED) is 0.645. The van der Waals surface area contributed by atoms with Crippen LogP contribution in [0.5, 0.6) is 5.75 Å². The fourth-order valence-corrected chi connectivity index (χ4v) is 5.03. The first-order valence-corrected chi connectivity index (χ1v) is 10.9. The summed E-state index contributed by atoms with van der Waals surface area (Å²) in [4.78, 5) is 13.7. The van der Waals surface area contributed by atoms with Crippen LogP contribution in [0.1, 0.15) is 28.7 Å². The Morgan fingerprint density at radius 3 is 2.35 bits per heavy atom. The van der Waals surface area contributed by atoms with E-state index in [1.807, 2.05) is 54.6 Å². The molecule has 3 aromatic carbocycles. The van der Waals surface area contributed by atoms with E-state index in [2.05, 4.69) is 22.6 Å². The lowest BCUT2D eigenvalue weighted by Crippen LogP contribution is -2.41. The molecule has 34 heavy (non-hydrogen) atoms. The standard InChI is InChI=1S/C27H21N5O2/c1-34-21-13-11-18(12-14-21)23-24(26(33)31-20-8-3-2-4-9-20)32-25(27(23,16-28)17-29)22-10-6-5-7-19(22)15-30-32/h2-15,23-25H,1H3,(H,31,33)/t23-,24-,25-/m1/s1. The second-order valence-corrected chi connectivity index (χ2v) is 8.30. The van der Waals surface area contributed by atoms with E-state index in [1.54, 1.807) is 42.6 Å². The Bertz CT molecular complexity index is 1320. The first-order chi connectivity index (χ1) is 16.6. The number of para-hydroxylation sites is 1. The molecule has 3 aromatic rings. The highest BCUT2D eigenvalue weighted by Crippen LogP contribution is 2.59. The van der Waals surface area contributed by atoms with Crippen LogP contribution >= 0.6 is 0 Å². The van der Waals surface area contributed by atoms with Crippen LogP contribution in [0.3, 0.4) is 0 Å². The lowest BCUT2D eigenvalue weighted by molar-refractivity contribution is -0.121. The number of hydrogen-bond acceptors (Lipinski definition) is 6. The summed E-state index contributed by atoms with van der Waals surface area (Å²) in [5.74, 6) is -0.445. The Kier molecular flexibility index (Phi) is 5.24. The minimum atomic E-state index is -1.55. The van der Waals surface area contributed by atoms with E-state index >= 15 is 0 Å². The highest BCUT2D eigenvalue weighted by atomic mass is 16.5. The van der Waals surface area contributed by atoms with Crippen molar-refractivity contribution in [2.75, 3.05) is 12.4 Å². The summed E-state index contributed by atoms with van der Waals surface area (Å²) in [6, 6.07) is 26.8. The summed E-state index contributed by atoms with van der Waals surface area (Å²) in [5.41, 5.74) is 1.40. The van der Waals surface area contributed by atoms with Crippen molar-refractivity contribution in [1.82, 2.24) is 5.01 Å². The lowest BCUT2D eigenvalue weighted by Gasteiger charge is -2.33. The maximum Gasteiger partial charge on any atom is 0.249 e. The van der Waals surface area contributed by atoms with Gasteiger partial charge in [-0.15, -0.1) is 0 Å². The van der Waals surface area contributed by atoms with Gasteiger partial charge in [0.15, 0.2) is 5.41 Å². The normalized spacial score (nSPS) is 21.5. The van der Waals surface area contributed by atoms with Crippen molar-refractivity contribution < 1.29 is 9.53 Å². The number of nitrogens with one attached hydrogen (secondary N) is 1. The number of hydrogen-bond donors (Lipinski definition) is 1. The number of hydrazone groups is 1. The van der Waals surface area contributed by atoms with Crippen molar-refractivity contribution in [1.29, 1.82) is 10.5 Å². The molecule has 1 saturated heterocycles. The Hall–Kier alpha value is -4.62. The van der Waals surface area contributed by atoms with E-state index in [4.69, 9.17) is 4.74 Å². The number of methoxy groups -OCH3 is 1. The van der Waals surface area contributed by atoms with Gasteiger partial charge in [0.05, 0.1) is 25.5 Å². The van der Waals surface area contributed by atoms with Crippen LogP contribution < -0.4 is 10.1 Å². The number of rotatable bonds is 4. The number of carbonyl (C=O) groups is 1. The molecule has 166 valence electrons. The smallest absolute Gasteiger partial charge is 0.249 e. The van der Waals surface area contributed by atoms with Crippen molar-refractivity contribution in [3.05, 3.63) is 95.6 Å². The zero-order chi connectivity index (χ0) is 23.7. The molecule has 1 N–H and O–H groups in total. The van der Waals surface area contributed by atoms with Crippen molar-refractivity contribution >= 4 is 17.8 Å². The molecule has 0 bridgehead atoms. The number of amides is 1. The summed E-state index contributed by atoms with van der Waals surface area (Å²) in [7, 11) is 1.57. The molecule has 1 fully saturated rings. The SMILES string of the molecule is COc1ccc([C@@H]2[C@H](C(=O)Nc3ccccc3)N3N=Cc4ccccc4[C@@H]3C2(C#N)C#N)cc1. The molecule has 0 radical (unpaired) electrons. The van der Waals surface area contributed by atoms with E-state index in [-0.39, 0.29) is 5.91 Å². The first kappa shape index (κ1) is 21.2. The fraction of sp³-hybridized carbons (Fsp3) is 0.185. The van der Waals surface area contributed by atoms with Gasteiger partial charge < -0.3 is 10.1 Å². The van der Waals surface area contributed by atoms with E-state index in [0.717, 1.165) is 11.1 Å². The van der Waals surface area contributed by atoms with Gasteiger partial charge in [-0.1, -0.05) is 54.6 Å². The number of fused-ring (bicyclic) bond motifs is 3. The average molecular weight is 447 g/mol. The van der Waals surface area contributed by atoms with Crippen LogP contribution in [-0.2, 0) is 4.79 Å². The largest absolute Gasteiger partial charge is 0.497 e. The second kappa shape index (κ2) is 8.38. The molecule has 0 aromatic heterocycles. The Morgan fingerprint density at radius 1 is 1.00 bits per heavy atom. The lowest BCUT2D eigenvalue weighted by atomic mass is 9.68. The van der Waals surface area contributed by atoms with Crippen LogP contribution in [0.2, 0.25) is 0 Å². The van der Waals surface area contributed by atoms with Crippen LogP contribution in [0, 0.1) is 28.1 Å². The molecular weight excluding hydrogens is 426 g/mol. The maximum absolute atomic E-state index is 13.7. The number of nitrogens with zero attached hydrogens (tertiary/aromatic N) is 4. The molecule has 7 heteroatoms. The minimum absolute atomic E-state index is 0.332. The second-order valence-electron chi connectivity index (χ2n) is 8.30. The molecule has 0 spiro atoms. The van der Waals surface area contributed by atoms with Crippen molar-refractivity contribution in [2.24, 2.45) is 10.5 Å². The summed E-state index contributed by atoms with van der Waals surface area (Å²) < 4.78 is 5.29. The fourth-order valence-electron chi connectivity index (χ4n) is 5.03. The number of benzene rings is 3. The summed E-state index contributed by atoms with van der Waals surface area (Å²) in [6.07, 6.45) is 1.69. The topological polar surface area (TPSA) is 102 Å². The van der Waals surface area contributed by atoms with Crippen molar-refractivity contribution in [2.45, 2.75) is 18.0 Å². The number of carbonyl (C=O) groups excluding carboxylic acids is 1. The molecule has 0 aliphatic carbocycles. The van der Waals surface area contributed by atoms with Gasteiger partial charge in [-0.2, -0.15) is 15.6 Å². The predicted octanol–water partition coefficient (Wildman–Crippen LogP) is 4.22. The third-order valence-electron chi connectivity index (χ3n) is 6.56. The molecular formula is C27H21N5O2. The van der Waals surface area contributed by atoms with Gasteiger partial charge in [0, 0.05) is 11.6 Å². The third-order valence-corrected chi connectivity index (χ3v) is 6.56. The summed E-state index contributed by atoms with van der Waals surface area (Å²) in [6.45, 7) is 0. The monoisotopic (exact) mass is 447 g/mol. The number of nitriles is 2.